The zero-order valence-electron chi connectivity index (χ0n) is 13.6. The average Bonchev–Trinajstić information content (AvgIpc) is 2.86. The van der Waals surface area contributed by atoms with Gasteiger partial charge in [-0.05, 0) is 60.9 Å². The number of aryl methyl sites for hydroxylation is 1. The Morgan fingerprint density at radius 1 is 1.24 bits per heavy atom. The van der Waals surface area contributed by atoms with Crippen LogP contribution < -0.4 is 10.5 Å². The van der Waals surface area contributed by atoms with Gasteiger partial charge in [0.05, 0.1) is 7.11 Å². The monoisotopic (exact) mass is 288 g/mol. The lowest BCUT2D eigenvalue weighted by Gasteiger charge is -2.45. The Balaban J connectivity index is 1.88. The van der Waals surface area contributed by atoms with E-state index in [4.69, 9.17) is 10.5 Å². The van der Waals surface area contributed by atoms with E-state index in [0.29, 0.717) is 5.41 Å². The molecule has 0 bridgehead atoms. The Hall–Kier alpha value is -1.06. The summed E-state index contributed by atoms with van der Waals surface area (Å²) in [6.07, 6.45) is 4.65. The fourth-order valence-electron chi connectivity index (χ4n) is 4.04. The van der Waals surface area contributed by atoms with Crippen molar-refractivity contribution in [1.29, 1.82) is 0 Å². The Bertz CT molecular complexity index is 526. The van der Waals surface area contributed by atoms with Crippen molar-refractivity contribution < 1.29 is 4.74 Å². The van der Waals surface area contributed by atoms with Crippen LogP contribution in [0.2, 0.25) is 0 Å². The molecule has 2 N–H and O–H groups in total. The first-order valence-electron chi connectivity index (χ1n) is 8.09. The van der Waals surface area contributed by atoms with Crippen LogP contribution in [0.3, 0.4) is 0 Å². The summed E-state index contributed by atoms with van der Waals surface area (Å²) in [5.74, 6) is 0.961. The maximum absolute atomic E-state index is 6.26. The fraction of sp³-hybridized carbons (Fsp3) is 0.667. The molecule has 1 aliphatic carbocycles. The van der Waals surface area contributed by atoms with E-state index in [2.05, 4.69) is 36.9 Å². The van der Waals surface area contributed by atoms with Crippen LogP contribution in [-0.2, 0) is 12.8 Å². The molecule has 3 rings (SSSR count). The van der Waals surface area contributed by atoms with Gasteiger partial charge in [-0.3, -0.25) is 4.90 Å². The number of hydrogen-bond donors (Lipinski definition) is 1. The maximum atomic E-state index is 6.26. The zero-order chi connectivity index (χ0) is 15.1. The van der Waals surface area contributed by atoms with Gasteiger partial charge in [0.25, 0.3) is 0 Å². The van der Waals surface area contributed by atoms with E-state index < -0.39 is 0 Å². The van der Waals surface area contributed by atoms with Crippen molar-refractivity contribution in [1.82, 2.24) is 4.90 Å². The normalized spacial score (nSPS) is 28.4. The first-order chi connectivity index (χ1) is 9.98. The topological polar surface area (TPSA) is 38.5 Å². The lowest BCUT2D eigenvalue weighted by atomic mass is 9.76. The first-order valence-corrected chi connectivity index (χ1v) is 8.09. The summed E-state index contributed by atoms with van der Waals surface area (Å²) >= 11 is 0. The van der Waals surface area contributed by atoms with Crippen molar-refractivity contribution in [2.24, 2.45) is 11.1 Å². The highest BCUT2D eigenvalue weighted by Crippen LogP contribution is 2.40. The number of nitrogens with zero attached hydrogens (tertiary/aromatic N) is 1. The van der Waals surface area contributed by atoms with E-state index in [0.717, 1.165) is 25.1 Å². The van der Waals surface area contributed by atoms with E-state index in [-0.39, 0.29) is 5.54 Å². The lowest BCUT2D eigenvalue weighted by Crippen LogP contribution is -2.56. The van der Waals surface area contributed by atoms with Crippen molar-refractivity contribution in [3.8, 4) is 5.75 Å². The van der Waals surface area contributed by atoms with Gasteiger partial charge >= 0.3 is 0 Å². The fourth-order valence-corrected chi connectivity index (χ4v) is 4.04. The smallest absolute Gasteiger partial charge is 0.119 e. The molecule has 1 saturated heterocycles. The minimum Gasteiger partial charge on any atom is -0.497 e. The van der Waals surface area contributed by atoms with Crippen LogP contribution in [0.5, 0.6) is 5.75 Å². The molecule has 0 aromatic heterocycles. The maximum Gasteiger partial charge on any atom is 0.119 e. The van der Waals surface area contributed by atoms with Crippen LogP contribution in [0.15, 0.2) is 18.2 Å². The van der Waals surface area contributed by atoms with Crippen LogP contribution in [0.1, 0.15) is 37.8 Å². The highest BCUT2D eigenvalue weighted by molar-refractivity contribution is 5.39. The predicted octanol–water partition coefficient (Wildman–Crippen LogP) is 2.61. The summed E-state index contributed by atoms with van der Waals surface area (Å²) in [6.45, 7) is 7.85. The van der Waals surface area contributed by atoms with Crippen LogP contribution in [0.25, 0.3) is 0 Å². The highest BCUT2D eigenvalue weighted by Gasteiger charge is 2.43. The summed E-state index contributed by atoms with van der Waals surface area (Å²) in [5, 5.41) is 0. The number of rotatable bonds is 3. The molecule has 3 heteroatoms. The van der Waals surface area contributed by atoms with Crippen LogP contribution in [-0.4, -0.2) is 37.2 Å². The van der Waals surface area contributed by atoms with Gasteiger partial charge in [0, 0.05) is 18.6 Å². The summed E-state index contributed by atoms with van der Waals surface area (Å²) in [5.41, 5.74) is 9.73. The summed E-state index contributed by atoms with van der Waals surface area (Å²) < 4.78 is 5.40. The molecule has 1 aliphatic heterocycles. The number of methoxy groups -OCH3 is 1. The number of benzene rings is 1. The predicted molar refractivity (Wildman–Crippen MR) is 86.8 cm³/mol. The molecule has 21 heavy (non-hydrogen) atoms. The second kappa shape index (κ2) is 5.29. The minimum absolute atomic E-state index is 0.146. The Kier molecular flexibility index (Phi) is 3.74. The summed E-state index contributed by atoms with van der Waals surface area (Å²) in [6, 6.07) is 6.51. The number of ether oxygens (including phenoxy) is 1. The zero-order valence-corrected chi connectivity index (χ0v) is 13.6. The van der Waals surface area contributed by atoms with Crippen molar-refractivity contribution >= 4 is 0 Å². The molecule has 1 heterocycles. The van der Waals surface area contributed by atoms with E-state index in [1.54, 1.807) is 7.11 Å². The molecule has 1 fully saturated rings. The highest BCUT2D eigenvalue weighted by atomic mass is 16.5. The number of nitrogens with two attached hydrogens (primary N) is 1. The van der Waals surface area contributed by atoms with Gasteiger partial charge in [0.1, 0.15) is 5.75 Å². The van der Waals surface area contributed by atoms with E-state index in [1.807, 2.05) is 0 Å². The molecule has 3 nitrogen and oxygen atoms in total. The van der Waals surface area contributed by atoms with E-state index >= 15 is 0 Å². The molecule has 1 aromatic carbocycles. The van der Waals surface area contributed by atoms with E-state index in [1.165, 1.54) is 37.1 Å². The molecular weight excluding hydrogens is 260 g/mol. The number of hydrogen-bond acceptors (Lipinski definition) is 3. The Morgan fingerprint density at radius 2 is 2.05 bits per heavy atom. The molecule has 0 saturated carbocycles. The molecule has 0 spiro atoms. The first kappa shape index (κ1) is 14.9. The summed E-state index contributed by atoms with van der Waals surface area (Å²) in [7, 11) is 1.74. The van der Waals surface area contributed by atoms with Gasteiger partial charge in [-0.1, -0.05) is 19.9 Å². The van der Waals surface area contributed by atoms with Crippen LogP contribution >= 0.6 is 0 Å². The molecule has 1 atom stereocenters. The van der Waals surface area contributed by atoms with Gasteiger partial charge in [0.2, 0.25) is 0 Å². The van der Waals surface area contributed by atoms with Crippen molar-refractivity contribution in [2.45, 2.75) is 45.1 Å². The molecular formula is C18H28N2O. The van der Waals surface area contributed by atoms with Crippen LogP contribution in [0.4, 0.5) is 0 Å². The molecule has 1 unspecified atom stereocenters. The SMILES string of the molecule is COc1ccc2c(c1)CC(CN)(N1CCC(C)(C)C1)CC2. The van der Waals surface area contributed by atoms with Gasteiger partial charge < -0.3 is 10.5 Å². The summed E-state index contributed by atoms with van der Waals surface area (Å²) in [4.78, 5) is 2.66. The quantitative estimate of drug-likeness (QED) is 0.929. The molecule has 0 radical (unpaired) electrons. The van der Waals surface area contributed by atoms with Gasteiger partial charge in [-0.15, -0.1) is 0 Å². The largest absolute Gasteiger partial charge is 0.497 e. The third-order valence-corrected chi connectivity index (χ3v) is 5.52. The standard InChI is InChI=1S/C18H28N2O/c1-17(2)8-9-20(13-17)18(12-19)7-6-14-4-5-16(21-3)10-15(14)11-18/h4-5,10H,6-9,11-13,19H2,1-3H3. The minimum atomic E-state index is 0.146. The van der Waals surface area contributed by atoms with Crippen molar-refractivity contribution in [3.63, 3.8) is 0 Å². The number of likely N-dealkylation sites (tertiary alicyclic amines) is 1. The number of fused-ring (bicyclic) bond motifs is 1. The molecule has 0 amide bonds. The molecule has 1 aromatic rings. The second-order valence-electron chi connectivity index (χ2n) is 7.58. The lowest BCUT2D eigenvalue weighted by molar-refractivity contribution is 0.0951. The van der Waals surface area contributed by atoms with Crippen molar-refractivity contribution in [2.75, 3.05) is 26.7 Å². The third-order valence-electron chi connectivity index (χ3n) is 5.52. The van der Waals surface area contributed by atoms with Gasteiger partial charge in [-0.25, -0.2) is 0 Å². The second-order valence-corrected chi connectivity index (χ2v) is 7.58. The van der Waals surface area contributed by atoms with Gasteiger partial charge in [0.15, 0.2) is 0 Å². The van der Waals surface area contributed by atoms with Gasteiger partial charge in [-0.2, -0.15) is 0 Å². The molecule has 116 valence electrons. The third kappa shape index (κ3) is 2.69. The Labute approximate surface area is 128 Å². The van der Waals surface area contributed by atoms with Crippen LogP contribution in [0, 0.1) is 5.41 Å². The average molecular weight is 288 g/mol. The van der Waals surface area contributed by atoms with E-state index in [9.17, 15) is 0 Å². The Morgan fingerprint density at radius 3 is 2.67 bits per heavy atom. The molecule has 2 aliphatic rings. The van der Waals surface area contributed by atoms with Crippen molar-refractivity contribution in [3.05, 3.63) is 29.3 Å².